The van der Waals surface area contributed by atoms with E-state index in [2.05, 4.69) is 5.32 Å². The zero-order chi connectivity index (χ0) is 16.7. The predicted molar refractivity (Wildman–Crippen MR) is 86.6 cm³/mol. The lowest BCUT2D eigenvalue weighted by Crippen LogP contribution is -2.29. The number of halogens is 1. The van der Waals surface area contributed by atoms with Crippen molar-refractivity contribution in [2.24, 2.45) is 0 Å². The molecule has 0 spiro atoms. The van der Waals surface area contributed by atoms with Crippen LogP contribution in [0.15, 0.2) is 48.5 Å². The first-order valence-corrected chi connectivity index (χ1v) is 7.27. The molecule has 0 saturated carbocycles. The van der Waals surface area contributed by atoms with Gasteiger partial charge in [-0.2, -0.15) is 0 Å². The molecule has 0 saturated heterocycles. The Morgan fingerprint density at radius 3 is 2.39 bits per heavy atom. The van der Waals surface area contributed by atoms with E-state index >= 15 is 0 Å². The lowest BCUT2D eigenvalue weighted by molar-refractivity contribution is -0.109. The number of ether oxygens (including phenoxy) is 2. The van der Waals surface area contributed by atoms with E-state index in [1.807, 2.05) is 0 Å². The van der Waals surface area contributed by atoms with Crippen LogP contribution in [0.4, 0.5) is 4.79 Å². The topological polar surface area (TPSA) is 64.6 Å². The minimum absolute atomic E-state index is 0.0992. The number of nitrogens with one attached hydrogen (secondary N) is 1. The van der Waals surface area contributed by atoms with Gasteiger partial charge in [-0.3, -0.25) is 0 Å². The number of amides is 1. The summed E-state index contributed by atoms with van der Waals surface area (Å²) >= 11 is 5.80. The van der Waals surface area contributed by atoms with Crippen LogP contribution in [0.3, 0.4) is 0 Å². The number of methoxy groups -OCH3 is 1. The van der Waals surface area contributed by atoms with E-state index < -0.39 is 12.1 Å². The first kappa shape index (κ1) is 16.8. The normalized spacial score (nSPS) is 11.4. The van der Waals surface area contributed by atoms with Crippen molar-refractivity contribution in [3.8, 4) is 5.75 Å². The van der Waals surface area contributed by atoms with E-state index in [9.17, 15) is 9.59 Å². The van der Waals surface area contributed by atoms with Gasteiger partial charge in [0.25, 0.3) is 0 Å². The van der Waals surface area contributed by atoms with Crippen LogP contribution in [0.2, 0.25) is 5.02 Å². The van der Waals surface area contributed by atoms with E-state index in [4.69, 9.17) is 21.1 Å². The molecule has 1 unspecified atom stereocenters. The van der Waals surface area contributed by atoms with Crippen molar-refractivity contribution in [3.63, 3.8) is 0 Å². The lowest BCUT2D eigenvalue weighted by Gasteiger charge is -2.13. The van der Waals surface area contributed by atoms with Crippen LogP contribution >= 0.6 is 11.6 Å². The van der Waals surface area contributed by atoms with Gasteiger partial charge in [-0.15, -0.1) is 0 Å². The fourth-order valence-electron chi connectivity index (χ4n) is 1.91. The highest BCUT2D eigenvalue weighted by Gasteiger charge is 2.14. The van der Waals surface area contributed by atoms with Crippen LogP contribution in [-0.4, -0.2) is 19.5 Å². The fraction of sp³-hybridized carbons (Fsp3) is 0.176. The summed E-state index contributed by atoms with van der Waals surface area (Å²) in [6, 6.07) is 13.0. The average molecular weight is 334 g/mol. The van der Waals surface area contributed by atoms with Gasteiger partial charge in [-0.1, -0.05) is 35.9 Å². The molecule has 2 rings (SSSR count). The predicted octanol–water partition coefficient (Wildman–Crippen LogP) is 3.52. The third kappa shape index (κ3) is 5.00. The molecule has 0 aliphatic rings. The summed E-state index contributed by atoms with van der Waals surface area (Å²) < 4.78 is 10.2. The molecule has 0 radical (unpaired) electrons. The van der Waals surface area contributed by atoms with E-state index in [1.165, 1.54) is 0 Å². The first-order valence-electron chi connectivity index (χ1n) is 6.89. The van der Waals surface area contributed by atoms with Gasteiger partial charge in [0, 0.05) is 5.02 Å². The van der Waals surface area contributed by atoms with Crippen LogP contribution in [0.1, 0.15) is 17.2 Å². The maximum atomic E-state index is 11.8. The maximum Gasteiger partial charge on any atom is 0.408 e. The minimum atomic E-state index is -0.782. The van der Waals surface area contributed by atoms with Crippen molar-refractivity contribution in [2.75, 3.05) is 7.11 Å². The molecule has 1 atom stereocenters. The largest absolute Gasteiger partial charge is 0.497 e. The molecule has 0 fully saturated rings. The van der Waals surface area contributed by atoms with Crippen LogP contribution in [-0.2, 0) is 16.1 Å². The number of carbonyl (C=O) groups is 2. The van der Waals surface area contributed by atoms with Gasteiger partial charge in [-0.05, 0) is 35.4 Å². The van der Waals surface area contributed by atoms with Gasteiger partial charge in [0.15, 0.2) is 0 Å². The van der Waals surface area contributed by atoms with Crippen LogP contribution in [0.5, 0.6) is 5.75 Å². The second-order valence-electron chi connectivity index (χ2n) is 4.73. The van der Waals surface area contributed by atoms with Crippen molar-refractivity contribution in [3.05, 3.63) is 64.7 Å². The number of rotatable bonds is 6. The molecule has 0 aliphatic heterocycles. The van der Waals surface area contributed by atoms with E-state index in [0.717, 1.165) is 11.3 Å². The van der Waals surface area contributed by atoms with E-state index in [0.29, 0.717) is 16.9 Å². The van der Waals surface area contributed by atoms with Crippen molar-refractivity contribution in [2.45, 2.75) is 12.6 Å². The minimum Gasteiger partial charge on any atom is -0.497 e. The van der Waals surface area contributed by atoms with Gasteiger partial charge < -0.3 is 19.6 Å². The number of hydrogen-bond donors (Lipinski definition) is 1. The Balaban J connectivity index is 1.89. The summed E-state index contributed by atoms with van der Waals surface area (Å²) in [5.41, 5.74) is 1.45. The molecule has 0 aromatic heterocycles. The molecule has 6 heteroatoms. The molecule has 1 N–H and O–H groups in total. The number of alkyl carbamates (subject to hydrolysis) is 1. The standard InChI is InChI=1S/C17H16ClNO4/c1-22-15-8-2-12(3-9-15)11-23-17(21)19-16(10-20)13-4-6-14(18)7-5-13/h2-10,16H,11H2,1H3,(H,19,21). The van der Waals surface area contributed by atoms with Gasteiger partial charge in [0.1, 0.15) is 24.7 Å². The Bertz CT molecular complexity index is 655. The van der Waals surface area contributed by atoms with Gasteiger partial charge in [0.05, 0.1) is 7.11 Å². The van der Waals surface area contributed by atoms with E-state index in [-0.39, 0.29) is 6.61 Å². The second kappa shape index (κ2) is 8.19. The summed E-state index contributed by atoms with van der Waals surface area (Å²) in [6.45, 7) is 0.0992. The van der Waals surface area contributed by atoms with E-state index in [1.54, 1.807) is 55.6 Å². The zero-order valence-corrected chi connectivity index (χ0v) is 13.2. The number of aldehydes is 1. The molecular formula is C17H16ClNO4. The van der Waals surface area contributed by atoms with Crippen molar-refractivity contribution in [1.29, 1.82) is 0 Å². The van der Waals surface area contributed by atoms with Crippen LogP contribution in [0, 0.1) is 0 Å². The highest BCUT2D eigenvalue weighted by atomic mass is 35.5. The molecule has 2 aromatic carbocycles. The van der Waals surface area contributed by atoms with Gasteiger partial charge in [0.2, 0.25) is 0 Å². The smallest absolute Gasteiger partial charge is 0.408 e. The molecular weight excluding hydrogens is 318 g/mol. The zero-order valence-electron chi connectivity index (χ0n) is 12.5. The lowest BCUT2D eigenvalue weighted by atomic mass is 10.1. The number of hydrogen-bond acceptors (Lipinski definition) is 4. The Labute approximate surface area is 139 Å². The van der Waals surface area contributed by atoms with Crippen molar-refractivity contribution < 1.29 is 19.1 Å². The van der Waals surface area contributed by atoms with Crippen LogP contribution in [0.25, 0.3) is 0 Å². The van der Waals surface area contributed by atoms with Crippen molar-refractivity contribution in [1.82, 2.24) is 5.32 Å². The molecule has 5 nitrogen and oxygen atoms in total. The SMILES string of the molecule is COc1ccc(COC(=O)NC(C=O)c2ccc(Cl)cc2)cc1. The molecule has 1 amide bonds. The molecule has 2 aromatic rings. The molecule has 23 heavy (non-hydrogen) atoms. The Kier molecular flexibility index (Phi) is 6.00. The molecule has 0 bridgehead atoms. The average Bonchev–Trinajstić information content (AvgIpc) is 2.59. The number of carbonyl (C=O) groups excluding carboxylic acids is 2. The third-order valence-corrected chi connectivity index (χ3v) is 3.42. The van der Waals surface area contributed by atoms with Crippen LogP contribution < -0.4 is 10.1 Å². The maximum absolute atomic E-state index is 11.8. The van der Waals surface area contributed by atoms with Gasteiger partial charge in [-0.25, -0.2) is 4.79 Å². The monoisotopic (exact) mass is 333 g/mol. The Morgan fingerprint density at radius 2 is 1.83 bits per heavy atom. The van der Waals surface area contributed by atoms with Crippen molar-refractivity contribution >= 4 is 24.0 Å². The molecule has 0 aliphatic carbocycles. The first-order chi connectivity index (χ1) is 11.1. The van der Waals surface area contributed by atoms with Gasteiger partial charge >= 0.3 is 6.09 Å². The highest BCUT2D eigenvalue weighted by molar-refractivity contribution is 6.30. The second-order valence-corrected chi connectivity index (χ2v) is 5.17. The fourth-order valence-corrected chi connectivity index (χ4v) is 2.03. The molecule has 0 heterocycles. The Hall–Kier alpha value is -2.53. The number of benzene rings is 2. The quantitative estimate of drug-likeness (QED) is 0.821. The summed E-state index contributed by atoms with van der Waals surface area (Å²) in [4.78, 5) is 23.0. The summed E-state index contributed by atoms with van der Waals surface area (Å²) in [5.74, 6) is 0.724. The summed E-state index contributed by atoms with van der Waals surface area (Å²) in [6.07, 6.45) is -0.0365. The highest BCUT2D eigenvalue weighted by Crippen LogP contribution is 2.16. The summed E-state index contributed by atoms with van der Waals surface area (Å²) in [7, 11) is 1.58. The third-order valence-electron chi connectivity index (χ3n) is 3.17. The molecule has 120 valence electrons. The Morgan fingerprint density at radius 1 is 1.17 bits per heavy atom. The summed E-state index contributed by atoms with van der Waals surface area (Å²) in [5, 5.41) is 3.05.